The first kappa shape index (κ1) is 34.7. The molecule has 0 radical (unpaired) electrons. The number of carboxylic acids is 1. The third-order valence-corrected chi connectivity index (χ3v) is 6.63. The number of aliphatic hydroxyl groups excluding tert-OH is 1. The van der Waals surface area contributed by atoms with Crippen molar-refractivity contribution < 1.29 is 43.8 Å². The van der Waals surface area contributed by atoms with Gasteiger partial charge in [0.05, 0.1) is 23.3 Å². The number of ketones is 4. The Balaban J connectivity index is 4.90. The largest absolute Gasteiger partial charge is 0.480 e. The van der Waals surface area contributed by atoms with Crippen LogP contribution in [0.3, 0.4) is 0 Å². The number of rotatable bonds is 22. The highest BCUT2D eigenvalue weighted by atomic mass is 32.2. The lowest BCUT2D eigenvalue weighted by atomic mass is 9.99. The first-order valence-corrected chi connectivity index (χ1v) is 14.2. The molecule has 14 heteroatoms. The van der Waals surface area contributed by atoms with Gasteiger partial charge in [0, 0.05) is 46.2 Å². The minimum Gasteiger partial charge on any atom is -0.480 e. The molecule has 0 aliphatic heterocycles. The van der Waals surface area contributed by atoms with Gasteiger partial charge in [-0.3, -0.25) is 38.9 Å². The molecule has 0 aliphatic rings. The molecule has 5 N–H and O–H groups in total. The van der Waals surface area contributed by atoms with Crippen molar-refractivity contribution in [2.24, 2.45) is 0 Å². The quantitative estimate of drug-likeness (QED) is 0.105. The van der Waals surface area contributed by atoms with Crippen molar-refractivity contribution >= 4 is 64.4 Å². The summed E-state index contributed by atoms with van der Waals surface area (Å²) in [7, 11) is 1.47. The monoisotopic (exact) mass is 563 g/mol. The number of amides is 2. The fraction of sp³-hybridized carbons (Fsp3) is 0.696. The molecule has 0 spiro atoms. The number of hydrogen-bond acceptors (Lipinski definition) is 11. The Kier molecular flexibility index (Phi) is 18.5. The van der Waals surface area contributed by atoms with Crippen molar-refractivity contribution in [2.75, 3.05) is 37.1 Å². The number of thioether (sulfide) groups is 2. The fourth-order valence-corrected chi connectivity index (χ4v) is 4.34. The van der Waals surface area contributed by atoms with E-state index >= 15 is 0 Å². The average molecular weight is 564 g/mol. The van der Waals surface area contributed by atoms with E-state index in [0.29, 0.717) is 13.0 Å². The van der Waals surface area contributed by atoms with E-state index in [1.54, 1.807) is 6.26 Å². The molecular weight excluding hydrogens is 526 g/mol. The smallest absolute Gasteiger partial charge is 0.320 e. The van der Waals surface area contributed by atoms with Crippen molar-refractivity contribution in [2.45, 2.75) is 63.6 Å². The van der Waals surface area contributed by atoms with Gasteiger partial charge in [-0.05, 0) is 19.1 Å². The highest BCUT2D eigenvalue weighted by molar-refractivity contribution is 8.00. The summed E-state index contributed by atoms with van der Waals surface area (Å²) in [6, 6.07) is -2.43. The zero-order valence-electron chi connectivity index (χ0n) is 21.4. The van der Waals surface area contributed by atoms with Crippen LogP contribution in [0.25, 0.3) is 0 Å². The number of aliphatic hydroxyl groups is 1. The molecule has 0 aromatic heterocycles. The summed E-state index contributed by atoms with van der Waals surface area (Å²) in [5, 5.41) is 27.2. The summed E-state index contributed by atoms with van der Waals surface area (Å²) in [4.78, 5) is 82.9. The lowest BCUT2D eigenvalue weighted by Gasteiger charge is -2.22. The van der Waals surface area contributed by atoms with Crippen LogP contribution in [0.4, 0.5) is 0 Å². The summed E-state index contributed by atoms with van der Waals surface area (Å²) in [5.41, 5.74) is 0. The third-order valence-electron chi connectivity index (χ3n) is 5.06. The van der Waals surface area contributed by atoms with E-state index in [1.807, 2.05) is 0 Å². The molecule has 0 fully saturated rings. The average Bonchev–Trinajstić information content (AvgIpc) is 2.82. The molecular formula is C23H37N3O9S2. The summed E-state index contributed by atoms with van der Waals surface area (Å²) in [6.07, 6.45) is -0.776. The number of carbonyl (C=O) groups is 7. The topological polar surface area (TPSA) is 196 Å². The number of carbonyl (C=O) groups excluding carboxylic acids is 6. The van der Waals surface area contributed by atoms with Crippen molar-refractivity contribution in [1.29, 1.82) is 0 Å². The molecule has 0 saturated heterocycles. The van der Waals surface area contributed by atoms with Crippen LogP contribution in [0.15, 0.2) is 0 Å². The van der Waals surface area contributed by atoms with Gasteiger partial charge in [0.15, 0.2) is 11.6 Å². The second-order valence-corrected chi connectivity index (χ2v) is 10.1. The second-order valence-electron chi connectivity index (χ2n) is 8.27. The van der Waals surface area contributed by atoms with Crippen LogP contribution in [0.2, 0.25) is 0 Å². The van der Waals surface area contributed by atoms with E-state index in [2.05, 4.69) is 16.0 Å². The van der Waals surface area contributed by atoms with Gasteiger partial charge in [-0.25, -0.2) is 0 Å². The first-order chi connectivity index (χ1) is 17.4. The Bertz CT molecular complexity index is 823. The zero-order chi connectivity index (χ0) is 28.4. The normalized spacial score (nSPS) is 13.2. The van der Waals surface area contributed by atoms with Crippen molar-refractivity contribution in [3.63, 3.8) is 0 Å². The molecule has 210 valence electrons. The maximum atomic E-state index is 12.5. The molecule has 0 bridgehead atoms. The molecule has 3 unspecified atom stereocenters. The van der Waals surface area contributed by atoms with E-state index < -0.39 is 36.4 Å². The van der Waals surface area contributed by atoms with E-state index in [-0.39, 0.29) is 72.1 Å². The summed E-state index contributed by atoms with van der Waals surface area (Å²) < 4.78 is 0. The Hall–Kier alpha value is -2.29. The number of nitrogens with one attached hydrogen (secondary N) is 3. The number of Topliss-reactive ketones (excluding diaryl/α,β-unsaturated/α-hetero) is 4. The number of aliphatic carboxylic acids is 1. The van der Waals surface area contributed by atoms with Crippen LogP contribution < -0.4 is 16.0 Å². The Labute approximate surface area is 224 Å². The van der Waals surface area contributed by atoms with Gasteiger partial charge in [0.2, 0.25) is 11.8 Å². The minimum atomic E-state index is -1.59. The summed E-state index contributed by atoms with van der Waals surface area (Å²) in [6.45, 7) is 1.64. The molecule has 12 nitrogen and oxygen atoms in total. The molecule has 0 heterocycles. The van der Waals surface area contributed by atoms with E-state index in [9.17, 15) is 43.8 Å². The Morgan fingerprint density at radius 2 is 1.54 bits per heavy atom. The van der Waals surface area contributed by atoms with Gasteiger partial charge < -0.3 is 20.8 Å². The molecule has 0 aromatic carbocycles. The third kappa shape index (κ3) is 17.0. The van der Waals surface area contributed by atoms with Crippen molar-refractivity contribution in [3.05, 3.63) is 0 Å². The maximum absolute atomic E-state index is 12.5. The fourth-order valence-electron chi connectivity index (χ4n) is 3.08. The van der Waals surface area contributed by atoms with Crippen LogP contribution >= 0.6 is 23.5 Å². The Morgan fingerprint density at radius 3 is 2.11 bits per heavy atom. The van der Waals surface area contributed by atoms with Gasteiger partial charge in [0.1, 0.15) is 23.7 Å². The maximum Gasteiger partial charge on any atom is 0.320 e. The van der Waals surface area contributed by atoms with Crippen LogP contribution in [0, 0.1) is 0 Å². The number of hydrogen-bond donors (Lipinski definition) is 5. The molecule has 2 amide bonds. The lowest BCUT2D eigenvalue weighted by molar-refractivity contribution is -0.141. The molecule has 0 aliphatic carbocycles. The van der Waals surface area contributed by atoms with E-state index in [1.165, 1.54) is 25.7 Å². The molecule has 0 saturated carbocycles. The Morgan fingerprint density at radius 1 is 0.865 bits per heavy atom. The first-order valence-electron chi connectivity index (χ1n) is 11.7. The van der Waals surface area contributed by atoms with E-state index in [0.717, 1.165) is 11.8 Å². The van der Waals surface area contributed by atoms with Gasteiger partial charge >= 0.3 is 5.97 Å². The van der Waals surface area contributed by atoms with Gasteiger partial charge in [-0.1, -0.05) is 0 Å². The molecule has 37 heavy (non-hydrogen) atoms. The highest BCUT2D eigenvalue weighted by Gasteiger charge is 2.29. The summed E-state index contributed by atoms with van der Waals surface area (Å²) in [5.74, 6) is -3.52. The van der Waals surface area contributed by atoms with Crippen molar-refractivity contribution in [3.8, 4) is 0 Å². The summed E-state index contributed by atoms with van der Waals surface area (Å²) >= 11 is 2.29. The van der Waals surface area contributed by atoms with Crippen LogP contribution in [-0.2, 0) is 33.6 Å². The van der Waals surface area contributed by atoms with Crippen LogP contribution in [0.1, 0.15) is 45.4 Å². The highest BCUT2D eigenvalue weighted by Crippen LogP contribution is 2.11. The SMILES string of the molecule is CNC(=O)CSCC(=O)CC(NC(CCC(=O)C(O)CC(=O)CCCNC(C)=O)C(=O)O)C(=O)CSC. The predicted octanol–water partition coefficient (Wildman–Crippen LogP) is -0.646. The van der Waals surface area contributed by atoms with E-state index in [4.69, 9.17) is 0 Å². The lowest BCUT2D eigenvalue weighted by Crippen LogP contribution is -2.49. The number of carboxylic acid groups (broad SMARTS) is 1. The predicted molar refractivity (Wildman–Crippen MR) is 141 cm³/mol. The van der Waals surface area contributed by atoms with Crippen LogP contribution in [-0.4, -0.2) is 106 Å². The minimum absolute atomic E-state index is 0.0284. The van der Waals surface area contributed by atoms with Crippen molar-refractivity contribution in [1.82, 2.24) is 16.0 Å². The standard InChI is InChI=1S/C23H37N3O9S2/c1-14(27)25-8-4-5-15(28)10-20(31)19(30)7-6-17(23(34)35)26-18(21(32)12-36-3)9-16(29)11-37-13-22(33)24-2/h17-18,20,26,31H,4-13H2,1-3H3,(H,24,33)(H,25,27)(H,34,35). The van der Waals surface area contributed by atoms with Gasteiger partial charge in [-0.2, -0.15) is 11.8 Å². The molecule has 0 aromatic rings. The zero-order valence-corrected chi connectivity index (χ0v) is 23.0. The van der Waals surface area contributed by atoms with Gasteiger partial charge in [-0.15, -0.1) is 11.8 Å². The van der Waals surface area contributed by atoms with Crippen LogP contribution in [0.5, 0.6) is 0 Å². The molecule has 3 atom stereocenters. The second kappa shape index (κ2) is 19.8. The molecule has 0 rings (SSSR count). The van der Waals surface area contributed by atoms with Gasteiger partial charge in [0.25, 0.3) is 0 Å².